The summed E-state index contributed by atoms with van der Waals surface area (Å²) >= 11 is 6.13. The van der Waals surface area contributed by atoms with Crippen LogP contribution in [0.2, 0.25) is 0 Å². The molecule has 0 N–H and O–H groups in total. The molecule has 0 radical (unpaired) electrons. The van der Waals surface area contributed by atoms with E-state index in [1.807, 2.05) is 6.92 Å². The Kier molecular flexibility index (Phi) is 5.20. The number of rotatable bonds is 3. The summed E-state index contributed by atoms with van der Waals surface area (Å²) in [6.45, 7) is 2.30. The third kappa shape index (κ3) is 4.91. The van der Waals surface area contributed by atoms with Crippen molar-refractivity contribution in [1.29, 1.82) is 0 Å². The van der Waals surface area contributed by atoms with Gasteiger partial charge in [0.1, 0.15) is 5.69 Å². The highest BCUT2D eigenvalue weighted by atomic mass is 32.2. The molecule has 17 heavy (non-hydrogen) atoms. The molecular weight excluding hydrogens is 271 g/mol. The zero-order valence-corrected chi connectivity index (χ0v) is 10.6. The molecule has 0 saturated heterocycles. The average molecular weight is 281 g/mol. The Hall–Kier alpha value is -0.820. The van der Waals surface area contributed by atoms with Crippen molar-refractivity contribution in [2.45, 2.75) is 18.9 Å². The highest BCUT2D eigenvalue weighted by Gasteiger charge is 2.31. The second-order valence-corrected chi connectivity index (χ2v) is 4.60. The van der Waals surface area contributed by atoms with Crippen LogP contribution in [0.1, 0.15) is 18.2 Å². The summed E-state index contributed by atoms with van der Waals surface area (Å²) in [5, 5.41) is 0. The van der Waals surface area contributed by atoms with E-state index < -0.39 is 11.9 Å². The van der Waals surface area contributed by atoms with Gasteiger partial charge in [-0.25, -0.2) is 0 Å². The molecule has 94 valence electrons. The van der Waals surface area contributed by atoms with E-state index in [0.29, 0.717) is 22.3 Å². The van der Waals surface area contributed by atoms with Gasteiger partial charge in [-0.05, 0) is 30.8 Å². The summed E-state index contributed by atoms with van der Waals surface area (Å²) in [5.41, 5.74) is -0.219. The molecule has 2 nitrogen and oxygen atoms in total. The van der Waals surface area contributed by atoms with Gasteiger partial charge in [0, 0.05) is 11.9 Å². The molecule has 0 spiro atoms. The van der Waals surface area contributed by atoms with E-state index in [1.54, 1.807) is 0 Å². The first kappa shape index (κ1) is 14.2. The predicted octanol–water partition coefficient (Wildman–Crippen LogP) is 3.66. The van der Waals surface area contributed by atoms with E-state index in [0.717, 1.165) is 6.07 Å². The minimum absolute atomic E-state index is 0.382. The summed E-state index contributed by atoms with van der Waals surface area (Å²) in [6, 6.07) is 2.34. The van der Waals surface area contributed by atoms with Gasteiger partial charge in [-0.3, -0.25) is 4.98 Å². The zero-order chi connectivity index (χ0) is 12.9. The summed E-state index contributed by atoms with van der Waals surface area (Å²) in [7, 11) is 0. The Labute approximate surface area is 107 Å². The first-order valence-corrected chi connectivity index (χ1v) is 6.14. The van der Waals surface area contributed by atoms with Crippen LogP contribution in [0, 0.1) is 0 Å². The minimum Gasteiger partial charge on any atom is -0.479 e. The number of nitrogens with zero attached hydrogens (tertiary/aromatic N) is 1. The van der Waals surface area contributed by atoms with E-state index in [2.05, 4.69) is 4.98 Å². The molecule has 0 unspecified atom stereocenters. The van der Waals surface area contributed by atoms with Crippen LogP contribution in [0.25, 0.3) is 0 Å². The first-order chi connectivity index (χ1) is 7.93. The van der Waals surface area contributed by atoms with Crippen molar-refractivity contribution < 1.29 is 17.9 Å². The Morgan fingerprint density at radius 1 is 1.47 bits per heavy atom. The van der Waals surface area contributed by atoms with Crippen LogP contribution in [0.5, 0.6) is 0 Å². The van der Waals surface area contributed by atoms with Crippen molar-refractivity contribution in [1.82, 2.24) is 4.98 Å². The maximum absolute atomic E-state index is 12.2. The van der Waals surface area contributed by atoms with Gasteiger partial charge in [0.25, 0.3) is 0 Å². The highest BCUT2D eigenvalue weighted by Crippen LogP contribution is 2.27. The average Bonchev–Trinajstić information content (AvgIpc) is 2.26. The van der Waals surface area contributed by atoms with Gasteiger partial charge >= 0.3 is 6.18 Å². The Bertz CT molecular complexity index is 378. The molecule has 0 aliphatic rings. The molecule has 1 aromatic heterocycles. The Morgan fingerprint density at radius 3 is 2.65 bits per heavy atom. The fraction of sp³-hybridized carbons (Fsp3) is 0.400. The minimum atomic E-state index is -4.40. The zero-order valence-electron chi connectivity index (χ0n) is 8.95. The standard InChI is InChI=1S/C10H10F3NOS2/c1-2-15-9(16)17-6-7-3-4-8(14-5-7)10(11,12)13/h3-5H,2,6H2,1H3. The van der Waals surface area contributed by atoms with Crippen molar-refractivity contribution in [2.75, 3.05) is 6.61 Å². The number of alkyl halides is 3. The van der Waals surface area contributed by atoms with E-state index in [1.165, 1.54) is 24.0 Å². The number of ether oxygens (including phenoxy) is 1. The van der Waals surface area contributed by atoms with Gasteiger partial charge in [-0.2, -0.15) is 13.2 Å². The van der Waals surface area contributed by atoms with Gasteiger partial charge in [0.2, 0.25) is 4.38 Å². The third-order valence-corrected chi connectivity index (χ3v) is 3.04. The number of aromatic nitrogens is 1. The van der Waals surface area contributed by atoms with Crippen molar-refractivity contribution in [3.63, 3.8) is 0 Å². The van der Waals surface area contributed by atoms with E-state index in [4.69, 9.17) is 17.0 Å². The van der Waals surface area contributed by atoms with Crippen LogP contribution < -0.4 is 0 Å². The maximum atomic E-state index is 12.2. The number of hydrogen-bond donors (Lipinski definition) is 0. The number of halogens is 3. The van der Waals surface area contributed by atoms with E-state index in [9.17, 15) is 13.2 Å². The molecule has 1 heterocycles. The fourth-order valence-electron chi connectivity index (χ4n) is 0.979. The van der Waals surface area contributed by atoms with Crippen LogP contribution in [0.4, 0.5) is 13.2 Å². The molecule has 0 aromatic carbocycles. The van der Waals surface area contributed by atoms with Crippen molar-refractivity contribution in [2.24, 2.45) is 0 Å². The maximum Gasteiger partial charge on any atom is 0.433 e. The third-order valence-electron chi connectivity index (χ3n) is 1.73. The lowest BCUT2D eigenvalue weighted by Gasteiger charge is -2.07. The van der Waals surface area contributed by atoms with Crippen molar-refractivity contribution in [3.05, 3.63) is 29.6 Å². The number of pyridine rings is 1. The van der Waals surface area contributed by atoms with E-state index >= 15 is 0 Å². The van der Waals surface area contributed by atoms with Crippen LogP contribution >= 0.6 is 24.0 Å². The quantitative estimate of drug-likeness (QED) is 0.788. The molecule has 0 atom stereocenters. The van der Waals surface area contributed by atoms with Gasteiger partial charge in [0.15, 0.2) is 0 Å². The molecule has 7 heteroatoms. The summed E-state index contributed by atoms with van der Waals surface area (Å²) in [5.74, 6) is 0.448. The molecule has 0 fully saturated rings. The van der Waals surface area contributed by atoms with Gasteiger partial charge in [0.05, 0.1) is 6.61 Å². The molecule has 0 aliphatic carbocycles. The van der Waals surface area contributed by atoms with E-state index in [-0.39, 0.29) is 0 Å². The largest absolute Gasteiger partial charge is 0.479 e. The molecule has 0 bridgehead atoms. The number of thioether (sulfide) groups is 1. The molecular formula is C10H10F3NOS2. The summed E-state index contributed by atoms with van der Waals surface area (Å²) in [6.07, 6.45) is -3.20. The fourth-order valence-corrected chi connectivity index (χ4v) is 1.93. The Morgan fingerprint density at radius 2 is 2.18 bits per heavy atom. The highest BCUT2D eigenvalue weighted by molar-refractivity contribution is 8.22. The van der Waals surface area contributed by atoms with Crippen molar-refractivity contribution >= 4 is 28.4 Å². The lowest BCUT2D eigenvalue weighted by atomic mass is 10.3. The first-order valence-electron chi connectivity index (χ1n) is 4.75. The normalized spacial score (nSPS) is 11.3. The van der Waals surface area contributed by atoms with Gasteiger partial charge in [-0.15, -0.1) is 0 Å². The van der Waals surface area contributed by atoms with Crippen LogP contribution in [-0.2, 0) is 16.7 Å². The Balaban J connectivity index is 2.54. The topological polar surface area (TPSA) is 22.1 Å². The molecule has 1 rings (SSSR count). The summed E-state index contributed by atoms with van der Waals surface area (Å²) in [4.78, 5) is 3.35. The van der Waals surface area contributed by atoms with Gasteiger partial charge in [-0.1, -0.05) is 17.8 Å². The molecule has 0 amide bonds. The van der Waals surface area contributed by atoms with Crippen LogP contribution in [0.15, 0.2) is 18.3 Å². The van der Waals surface area contributed by atoms with Crippen LogP contribution in [0.3, 0.4) is 0 Å². The monoisotopic (exact) mass is 281 g/mol. The molecule has 1 aromatic rings. The van der Waals surface area contributed by atoms with Crippen molar-refractivity contribution in [3.8, 4) is 0 Å². The predicted molar refractivity (Wildman–Crippen MR) is 64.8 cm³/mol. The molecule has 0 aliphatic heterocycles. The number of hydrogen-bond acceptors (Lipinski definition) is 4. The number of thiocarbonyl (C=S) groups is 1. The summed E-state index contributed by atoms with van der Waals surface area (Å²) < 4.78 is 42.1. The lowest BCUT2D eigenvalue weighted by Crippen LogP contribution is -2.07. The second kappa shape index (κ2) is 6.20. The smallest absolute Gasteiger partial charge is 0.433 e. The van der Waals surface area contributed by atoms with Gasteiger partial charge < -0.3 is 4.74 Å². The second-order valence-electron chi connectivity index (χ2n) is 3.02. The lowest BCUT2D eigenvalue weighted by molar-refractivity contribution is -0.141. The molecule has 0 saturated carbocycles. The van der Waals surface area contributed by atoms with Crippen LogP contribution in [-0.4, -0.2) is 16.0 Å². The SMILES string of the molecule is CCOC(=S)SCc1ccc(C(F)(F)F)nc1.